The van der Waals surface area contributed by atoms with Crippen LogP contribution in [-0.2, 0) is 14.4 Å². The van der Waals surface area contributed by atoms with Crippen molar-refractivity contribution in [2.75, 3.05) is 17.1 Å². The number of rotatable bonds is 4. The molecule has 30 heavy (non-hydrogen) atoms. The Morgan fingerprint density at radius 3 is 1.97 bits per heavy atom. The molecule has 2 fully saturated rings. The van der Waals surface area contributed by atoms with Crippen molar-refractivity contribution < 1.29 is 19.2 Å². The molecule has 6 heteroatoms. The lowest BCUT2D eigenvalue weighted by Gasteiger charge is -2.28. The number of fused-ring (bicyclic) bond motifs is 1. The number of anilines is 2. The van der Waals surface area contributed by atoms with Gasteiger partial charge in [0.25, 0.3) is 5.91 Å². The summed E-state index contributed by atoms with van der Waals surface area (Å²) >= 11 is 0. The zero-order valence-corrected chi connectivity index (χ0v) is 16.3. The summed E-state index contributed by atoms with van der Waals surface area (Å²) in [6, 6.07) is 25.6. The van der Waals surface area contributed by atoms with E-state index in [1.165, 1.54) is 4.90 Å². The van der Waals surface area contributed by atoms with E-state index in [4.69, 9.17) is 9.57 Å². The predicted octanol–water partition coefficient (Wildman–Crippen LogP) is 3.75. The summed E-state index contributed by atoms with van der Waals surface area (Å²) in [4.78, 5) is 34.0. The Morgan fingerprint density at radius 1 is 0.767 bits per heavy atom. The summed E-state index contributed by atoms with van der Waals surface area (Å²) in [5.74, 6) is -0.518. The number of ether oxygens (including phenoxy) is 1. The first-order chi connectivity index (χ1) is 14.7. The normalized spacial score (nSPS) is 23.0. The summed E-state index contributed by atoms with van der Waals surface area (Å²) in [5, 5.41) is 1.69. The maximum Gasteiger partial charge on any atom is 0.266 e. The lowest BCUT2D eigenvalue weighted by Crippen LogP contribution is -2.37. The molecule has 2 aliphatic rings. The van der Waals surface area contributed by atoms with Crippen LogP contribution in [0.15, 0.2) is 84.9 Å². The van der Waals surface area contributed by atoms with Crippen LogP contribution < -0.4 is 14.7 Å². The van der Waals surface area contributed by atoms with Crippen molar-refractivity contribution in [3.8, 4) is 5.75 Å². The van der Waals surface area contributed by atoms with Crippen molar-refractivity contribution in [3.63, 3.8) is 0 Å². The van der Waals surface area contributed by atoms with E-state index in [9.17, 15) is 9.59 Å². The smallest absolute Gasteiger partial charge is 0.266 e. The second-order valence-electron chi connectivity index (χ2n) is 7.28. The average molecular weight is 400 g/mol. The Hall–Kier alpha value is -3.64. The highest BCUT2D eigenvalue weighted by Gasteiger charge is 2.60. The van der Waals surface area contributed by atoms with Gasteiger partial charge in [-0.3, -0.25) is 14.4 Å². The fraction of sp³-hybridized carbons (Fsp3) is 0.167. The molecule has 3 aromatic carbocycles. The first kappa shape index (κ1) is 18.4. The van der Waals surface area contributed by atoms with Gasteiger partial charge in [-0.15, -0.1) is 0 Å². The highest BCUT2D eigenvalue weighted by Crippen LogP contribution is 2.47. The first-order valence-corrected chi connectivity index (χ1v) is 9.77. The van der Waals surface area contributed by atoms with Crippen LogP contribution in [0.25, 0.3) is 0 Å². The zero-order valence-electron chi connectivity index (χ0n) is 16.3. The summed E-state index contributed by atoms with van der Waals surface area (Å²) in [7, 11) is 1.61. The molecule has 3 aromatic rings. The fourth-order valence-corrected chi connectivity index (χ4v) is 4.18. The monoisotopic (exact) mass is 400 g/mol. The Kier molecular flexibility index (Phi) is 4.48. The second kappa shape index (κ2) is 7.31. The molecule has 0 radical (unpaired) electrons. The molecule has 0 unspecified atom stereocenters. The van der Waals surface area contributed by atoms with E-state index in [0.717, 1.165) is 17.0 Å². The third kappa shape index (κ3) is 2.84. The summed E-state index contributed by atoms with van der Waals surface area (Å²) in [6.45, 7) is 0. The number of amides is 2. The molecule has 0 N–H and O–H groups in total. The standard InChI is InChI=1S/C24H20N2O4/c1-29-19-14-12-16(13-15-19)21-20-22(30-26(21)18-10-6-3-7-11-18)24(28)25(23(20)27)17-8-4-2-5-9-17/h2-15,20-22H,1H3/t20-,21+,22+/m0/s1. The summed E-state index contributed by atoms with van der Waals surface area (Å²) in [5.41, 5.74) is 2.23. The van der Waals surface area contributed by atoms with Gasteiger partial charge in [0.05, 0.1) is 24.5 Å². The van der Waals surface area contributed by atoms with Gasteiger partial charge < -0.3 is 4.74 Å². The molecule has 3 atom stereocenters. The van der Waals surface area contributed by atoms with Crippen molar-refractivity contribution in [2.45, 2.75) is 12.1 Å². The molecule has 0 bridgehead atoms. The molecule has 5 rings (SSSR count). The number of hydrogen-bond donors (Lipinski definition) is 0. The van der Waals surface area contributed by atoms with Gasteiger partial charge in [0.2, 0.25) is 5.91 Å². The van der Waals surface area contributed by atoms with E-state index in [1.807, 2.05) is 72.8 Å². The Morgan fingerprint density at radius 2 is 1.37 bits per heavy atom. The number of carbonyl (C=O) groups is 2. The van der Waals surface area contributed by atoms with Crippen LogP contribution in [0.4, 0.5) is 11.4 Å². The lowest BCUT2D eigenvalue weighted by molar-refractivity contribution is -0.126. The van der Waals surface area contributed by atoms with Gasteiger partial charge in [-0.25, -0.2) is 9.96 Å². The molecule has 2 heterocycles. The number of benzene rings is 3. The van der Waals surface area contributed by atoms with E-state index >= 15 is 0 Å². The van der Waals surface area contributed by atoms with Gasteiger partial charge in [-0.1, -0.05) is 48.5 Å². The number of hydrogen-bond acceptors (Lipinski definition) is 5. The molecule has 2 aliphatic heterocycles. The number of nitrogens with zero attached hydrogens (tertiary/aromatic N) is 2. The molecule has 6 nitrogen and oxygen atoms in total. The van der Waals surface area contributed by atoms with Gasteiger partial charge in [-0.05, 0) is 42.0 Å². The van der Waals surface area contributed by atoms with E-state index in [2.05, 4.69) is 0 Å². The van der Waals surface area contributed by atoms with Gasteiger partial charge >= 0.3 is 0 Å². The molecular weight excluding hydrogens is 380 g/mol. The molecule has 0 aromatic heterocycles. The molecule has 2 amide bonds. The van der Waals surface area contributed by atoms with Crippen LogP contribution >= 0.6 is 0 Å². The SMILES string of the molecule is COc1ccc([C@@H]2[C@@H]3C(=O)N(c4ccccc4)C(=O)[C@@H]3ON2c2ccccc2)cc1. The second-order valence-corrected chi connectivity index (χ2v) is 7.28. The number of para-hydroxylation sites is 2. The number of hydroxylamine groups is 1. The third-order valence-corrected chi connectivity index (χ3v) is 5.60. The molecule has 0 aliphatic carbocycles. The minimum absolute atomic E-state index is 0.254. The van der Waals surface area contributed by atoms with Gasteiger partial charge in [0, 0.05) is 0 Å². The molecular formula is C24H20N2O4. The number of methoxy groups -OCH3 is 1. The quantitative estimate of drug-likeness (QED) is 0.625. The average Bonchev–Trinajstić information content (AvgIpc) is 3.31. The maximum atomic E-state index is 13.5. The third-order valence-electron chi connectivity index (χ3n) is 5.60. The van der Waals surface area contributed by atoms with E-state index in [-0.39, 0.29) is 11.8 Å². The molecule has 150 valence electrons. The molecule has 2 saturated heterocycles. The number of imide groups is 1. The van der Waals surface area contributed by atoms with E-state index in [0.29, 0.717) is 5.69 Å². The van der Waals surface area contributed by atoms with Gasteiger partial charge in [0.15, 0.2) is 6.10 Å². The van der Waals surface area contributed by atoms with Crippen molar-refractivity contribution in [2.24, 2.45) is 5.92 Å². The van der Waals surface area contributed by atoms with E-state index < -0.39 is 18.1 Å². The highest BCUT2D eigenvalue weighted by molar-refractivity contribution is 6.23. The largest absolute Gasteiger partial charge is 0.497 e. The first-order valence-electron chi connectivity index (χ1n) is 9.77. The summed E-state index contributed by atoms with van der Waals surface area (Å²) in [6.07, 6.45) is -0.870. The van der Waals surface area contributed by atoms with Gasteiger partial charge in [0.1, 0.15) is 11.7 Å². The van der Waals surface area contributed by atoms with Crippen LogP contribution in [0.1, 0.15) is 11.6 Å². The van der Waals surface area contributed by atoms with E-state index in [1.54, 1.807) is 24.3 Å². The fourth-order valence-electron chi connectivity index (χ4n) is 4.18. The van der Waals surface area contributed by atoms with Crippen LogP contribution in [0, 0.1) is 5.92 Å². The topological polar surface area (TPSA) is 59.1 Å². The predicted molar refractivity (Wildman–Crippen MR) is 112 cm³/mol. The maximum absolute atomic E-state index is 13.5. The molecule has 0 spiro atoms. The van der Waals surface area contributed by atoms with Crippen LogP contribution in [-0.4, -0.2) is 25.0 Å². The van der Waals surface area contributed by atoms with Crippen LogP contribution in [0.2, 0.25) is 0 Å². The minimum Gasteiger partial charge on any atom is -0.497 e. The minimum atomic E-state index is -0.870. The zero-order chi connectivity index (χ0) is 20.7. The lowest BCUT2D eigenvalue weighted by atomic mass is 9.90. The van der Waals surface area contributed by atoms with Crippen molar-refractivity contribution in [1.82, 2.24) is 0 Å². The van der Waals surface area contributed by atoms with Crippen LogP contribution in [0.5, 0.6) is 5.75 Å². The Labute approximate surface area is 174 Å². The number of carbonyl (C=O) groups excluding carboxylic acids is 2. The molecule has 0 saturated carbocycles. The summed E-state index contributed by atoms with van der Waals surface area (Å²) < 4.78 is 5.27. The van der Waals surface area contributed by atoms with Gasteiger partial charge in [-0.2, -0.15) is 0 Å². The Bertz CT molecular complexity index is 1070. The van der Waals surface area contributed by atoms with Crippen molar-refractivity contribution in [1.29, 1.82) is 0 Å². The van der Waals surface area contributed by atoms with Crippen LogP contribution in [0.3, 0.4) is 0 Å². The van der Waals surface area contributed by atoms with Crippen molar-refractivity contribution >= 4 is 23.2 Å². The highest BCUT2D eigenvalue weighted by atomic mass is 16.7. The van der Waals surface area contributed by atoms with Crippen molar-refractivity contribution in [3.05, 3.63) is 90.5 Å². The Balaban J connectivity index is 1.58.